The van der Waals surface area contributed by atoms with Crippen LogP contribution in [0.25, 0.3) is 10.9 Å². The van der Waals surface area contributed by atoms with E-state index in [2.05, 4.69) is 48.7 Å². The Balaban J connectivity index is 2.13. The van der Waals surface area contributed by atoms with Crippen molar-refractivity contribution in [2.75, 3.05) is 7.05 Å². The molecule has 2 heterocycles. The third-order valence-electron chi connectivity index (χ3n) is 4.17. The topological polar surface area (TPSA) is 34.2 Å². The van der Waals surface area contributed by atoms with Gasteiger partial charge in [0.1, 0.15) is 0 Å². The van der Waals surface area contributed by atoms with Gasteiger partial charge < -0.3 is 10.3 Å². The van der Waals surface area contributed by atoms with Crippen LogP contribution in [0.5, 0.6) is 0 Å². The summed E-state index contributed by atoms with van der Waals surface area (Å²) in [6.45, 7) is 7.56. The first kappa shape index (κ1) is 13.7. The van der Waals surface area contributed by atoms with Crippen LogP contribution in [0.15, 0.2) is 18.3 Å². The van der Waals surface area contributed by atoms with Crippen molar-refractivity contribution in [3.05, 3.63) is 35.0 Å². The van der Waals surface area contributed by atoms with Crippen LogP contribution in [0.4, 0.5) is 0 Å². The number of aromatic nitrogens is 1. The van der Waals surface area contributed by atoms with E-state index in [4.69, 9.17) is 5.73 Å². The zero-order valence-corrected chi connectivity index (χ0v) is 12.8. The molecule has 0 fully saturated rings. The van der Waals surface area contributed by atoms with E-state index in [-0.39, 0.29) is 6.04 Å². The van der Waals surface area contributed by atoms with E-state index in [9.17, 15) is 0 Å². The average molecular weight is 271 g/mol. The predicted octanol–water partition coefficient (Wildman–Crippen LogP) is 2.89. The largest absolute Gasteiger partial charge is 0.347 e. The molecule has 20 heavy (non-hydrogen) atoms. The minimum absolute atomic E-state index is 0.214. The second-order valence-corrected chi connectivity index (χ2v) is 6.34. The summed E-state index contributed by atoms with van der Waals surface area (Å²) >= 11 is 0. The highest BCUT2D eigenvalue weighted by Gasteiger charge is 2.19. The van der Waals surface area contributed by atoms with Crippen molar-refractivity contribution >= 4 is 10.9 Å². The van der Waals surface area contributed by atoms with E-state index >= 15 is 0 Å². The van der Waals surface area contributed by atoms with Crippen LogP contribution in [0, 0.1) is 0 Å². The van der Waals surface area contributed by atoms with Crippen LogP contribution in [-0.2, 0) is 26.1 Å². The number of fused-ring (bicyclic) bond motifs is 2. The van der Waals surface area contributed by atoms with Gasteiger partial charge in [0.25, 0.3) is 0 Å². The lowest BCUT2D eigenvalue weighted by atomic mass is 10.0. The fourth-order valence-corrected chi connectivity index (χ4v) is 3.37. The van der Waals surface area contributed by atoms with Gasteiger partial charge in [0, 0.05) is 42.8 Å². The Bertz CT molecular complexity index is 625. The third-order valence-corrected chi connectivity index (χ3v) is 4.17. The number of rotatable bonds is 4. The van der Waals surface area contributed by atoms with Gasteiger partial charge in [-0.3, -0.25) is 4.90 Å². The summed E-state index contributed by atoms with van der Waals surface area (Å²) in [4.78, 5) is 2.37. The second kappa shape index (κ2) is 5.23. The summed E-state index contributed by atoms with van der Waals surface area (Å²) in [5.41, 5.74) is 11.8. The number of nitrogens with two attached hydrogens (primary N) is 1. The number of nitrogens with zero attached hydrogens (tertiary/aromatic N) is 2. The fourth-order valence-electron chi connectivity index (χ4n) is 3.37. The van der Waals surface area contributed by atoms with E-state index in [0.29, 0.717) is 0 Å². The van der Waals surface area contributed by atoms with Crippen molar-refractivity contribution in [2.45, 2.75) is 52.4 Å². The second-order valence-electron chi connectivity index (χ2n) is 6.34. The molecule has 0 bridgehead atoms. The molecule has 0 radical (unpaired) electrons. The maximum absolute atomic E-state index is 6.02. The summed E-state index contributed by atoms with van der Waals surface area (Å²) in [6, 6.07) is 5.01. The zero-order chi connectivity index (χ0) is 14.3. The molecular formula is C17H25N3. The van der Waals surface area contributed by atoms with E-state index in [0.717, 1.165) is 26.1 Å². The van der Waals surface area contributed by atoms with Gasteiger partial charge in [-0.15, -0.1) is 0 Å². The lowest BCUT2D eigenvalue weighted by molar-refractivity contribution is 0.353. The van der Waals surface area contributed by atoms with Crippen LogP contribution in [0.3, 0.4) is 0 Å². The molecule has 2 aromatic rings. The quantitative estimate of drug-likeness (QED) is 0.928. The third kappa shape index (κ3) is 2.36. The standard InChI is InChI=1S/C17H25N3/c1-4-5-20-11-15(6-12(2)18)16-7-13-9-19(3)10-14(13)8-17(16)20/h7-8,11-12H,4-6,9-10,18H2,1-3H3. The maximum Gasteiger partial charge on any atom is 0.0486 e. The van der Waals surface area contributed by atoms with E-state index in [1.54, 1.807) is 0 Å². The molecule has 0 saturated heterocycles. The molecule has 3 rings (SSSR count). The van der Waals surface area contributed by atoms with Gasteiger partial charge in [0.05, 0.1) is 0 Å². The lowest BCUT2D eigenvalue weighted by Crippen LogP contribution is -2.17. The van der Waals surface area contributed by atoms with Gasteiger partial charge in [-0.2, -0.15) is 0 Å². The van der Waals surface area contributed by atoms with E-state index < -0.39 is 0 Å². The molecule has 2 N–H and O–H groups in total. The van der Waals surface area contributed by atoms with Crippen LogP contribution in [0.2, 0.25) is 0 Å². The number of benzene rings is 1. The smallest absolute Gasteiger partial charge is 0.0486 e. The average Bonchev–Trinajstić information content (AvgIpc) is 2.87. The highest BCUT2D eigenvalue weighted by Crippen LogP contribution is 2.30. The van der Waals surface area contributed by atoms with E-state index in [1.807, 2.05) is 0 Å². The summed E-state index contributed by atoms with van der Waals surface area (Å²) in [6.07, 6.45) is 4.44. The summed E-state index contributed by atoms with van der Waals surface area (Å²) in [7, 11) is 2.19. The summed E-state index contributed by atoms with van der Waals surface area (Å²) in [5, 5.41) is 1.41. The Hall–Kier alpha value is -1.32. The number of hydrogen-bond acceptors (Lipinski definition) is 2. The molecule has 3 heteroatoms. The monoisotopic (exact) mass is 271 g/mol. The number of hydrogen-bond donors (Lipinski definition) is 1. The Morgan fingerprint density at radius 3 is 2.60 bits per heavy atom. The molecule has 108 valence electrons. The van der Waals surface area contributed by atoms with Crippen molar-refractivity contribution in [3.63, 3.8) is 0 Å². The minimum atomic E-state index is 0.214. The minimum Gasteiger partial charge on any atom is -0.347 e. The van der Waals surface area contributed by atoms with Crippen molar-refractivity contribution in [2.24, 2.45) is 5.73 Å². The molecule has 0 spiro atoms. The number of aryl methyl sites for hydroxylation is 1. The first-order valence-corrected chi connectivity index (χ1v) is 7.66. The zero-order valence-electron chi connectivity index (χ0n) is 12.8. The van der Waals surface area contributed by atoms with Gasteiger partial charge in [-0.05, 0) is 55.6 Å². The Kier molecular flexibility index (Phi) is 3.57. The highest BCUT2D eigenvalue weighted by molar-refractivity contribution is 5.86. The molecule has 1 atom stereocenters. The van der Waals surface area contributed by atoms with Gasteiger partial charge in [-0.25, -0.2) is 0 Å². The van der Waals surface area contributed by atoms with Gasteiger partial charge in [0.2, 0.25) is 0 Å². The van der Waals surface area contributed by atoms with Crippen LogP contribution in [0.1, 0.15) is 37.0 Å². The molecule has 3 nitrogen and oxygen atoms in total. The lowest BCUT2D eigenvalue weighted by Gasteiger charge is -2.05. The SMILES string of the molecule is CCCn1cc(CC(C)N)c2cc3c(cc21)CN(C)C3. The molecule has 0 aliphatic carbocycles. The molecular weight excluding hydrogens is 246 g/mol. The molecule has 1 aliphatic rings. The fraction of sp³-hybridized carbons (Fsp3) is 0.529. The Morgan fingerprint density at radius 1 is 1.25 bits per heavy atom. The van der Waals surface area contributed by atoms with Gasteiger partial charge in [0.15, 0.2) is 0 Å². The molecule has 1 aliphatic heterocycles. The predicted molar refractivity (Wildman–Crippen MR) is 84.8 cm³/mol. The van der Waals surface area contributed by atoms with Crippen LogP contribution >= 0.6 is 0 Å². The van der Waals surface area contributed by atoms with Crippen molar-refractivity contribution in [1.82, 2.24) is 9.47 Å². The van der Waals surface area contributed by atoms with Gasteiger partial charge in [-0.1, -0.05) is 6.92 Å². The maximum atomic E-state index is 6.02. The first-order valence-electron chi connectivity index (χ1n) is 7.66. The summed E-state index contributed by atoms with van der Waals surface area (Å²) in [5.74, 6) is 0. The molecule has 0 saturated carbocycles. The highest BCUT2D eigenvalue weighted by atomic mass is 15.1. The van der Waals surface area contributed by atoms with Gasteiger partial charge >= 0.3 is 0 Å². The van der Waals surface area contributed by atoms with Crippen molar-refractivity contribution in [1.29, 1.82) is 0 Å². The Morgan fingerprint density at radius 2 is 1.95 bits per heavy atom. The Labute approximate surface area is 121 Å². The molecule has 0 amide bonds. The molecule has 1 unspecified atom stereocenters. The summed E-state index contributed by atoms with van der Waals surface area (Å²) < 4.78 is 2.41. The van der Waals surface area contributed by atoms with Crippen molar-refractivity contribution in [3.8, 4) is 0 Å². The van der Waals surface area contributed by atoms with Crippen LogP contribution < -0.4 is 5.73 Å². The van der Waals surface area contributed by atoms with Crippen molar-refractivity contribution < 1.29 is 0 Å². The normalized spacial score (nSPS) is 16.8. The first-order chi connectivity index (χ1) is 9.58. The van der Waals surface area contributed by atoms with Crippen LogP contribution in [-0.4, -0.2) is 22.6 Å². The molecule has 1 aromatic heterocycles. The molecule has 1 aromatic carbocycles. The van der Waals surface area contributed by atoms with E-state index in [1.165, 1.54) is 34.0 Å².